The zero-order valence-corrected chi connectivity index (χ0v) is 11.8. The van der Waals surface area contributed by atoms with Gasteiger partial charge in [-0.2, -0.15) is 5.10 Å². The topological polar surface area (TPSA) is 40.0 Å². The van der Waals surface area contributed by atoms with Crippen LogP contribution in [0.15, 0.2) is 33.9 Å². The minimum absolute atomic E-state index is 0.134. The van der Waals surface area contributed by atoms with Gasteiger partial charge in [0.2, 0.25) is 0 Å². The van der Waals surface area contributed by atoms with Crippen LogP contribution in [-0.4, -0.2) is 23.5 Å². The van der Waals surface area contributed by atoms with Gasteiger partial charge >= 0.3 is 0 Å². The standard InChI is InChI=1S/C13H24N4/c1-8-11(15-10-3)16-12(9-2)17(14-7)13(4,5)6/h8-10,16H,7H2,1-6H3/b11-8+,12-9-,15-10-. The van der Waals surface area contributed by atoms with Crippen LogP contribution in [0.5, 0.6) is 0 Å². The summed E-state index contributed by atoms with van der Waals surface area (Å²) in [5.74, 6) is 1.66. The minimum atomic E-state index is -0.134. The third-order valence-corrected chi connectivity index (χ3v) is 2.08. The molecule has 0 aromatic rings. The van der Waals surface area contributed by atoms with Crippen LogP contribution in [0.25, 0.3) is 0 Å². The van der Waals surface area contributed by atoms with Crippen LogP contribution in [0, 0.1) is 0 Å². The number of aliphatic imine (C=N–C) groups is 1. The van der Waals surface area contributed by atoms with Crippen LogP contribution < -0.4 is 5.32 Å². The molecule has 17 heavy (non-hydrogen) atoms. The molecule has 4 nitrogen and oxygen atoms in total. The van der Waals surface area contributed by atoms with Crippen molar-refractivity contribution in [2.24, 2.45) is 10.1 Å². The number of rotatable bonds is 5. The van der Waals surface area contributed by atoms with Gasteiger partial charge in [-0.3, -0.25) is 0 Å². The number of hydrogen-bond donors (Lipinski definition) is 1. The second-order valence-electron chi connectivity index (χ2n) is 4.48. The summed E-state index contributed by atoms with van der Waals surface area (Å²) in [6, 6.07) is 0. The van der Waals surface area contributed by atoms with Gasteiger partial charge in [0.15, 0.2) is 0 Å². The van der Waals surface area contributed by atoms with Crippen molar-refractivity contribution in [3.63, 3.8) is 0 Å². The van der Waals surface area contributed by atoms with E-state index in [4.69, 9.17) is 0 Å². The highest BCUT2D eigenvalue weighted by Gasteiger charge is 2.22. The largest absolute Gasteiger partial charge is 0.326 e. The predicted octanol–water partition coefficient (Wildman–Crippen LogP) is 3.11. The summed E-state index contributed by atoms with van der Waals surface area (Å²) in [4.78, 5) is 4.22. The first-order valence-electron chi connectivity index (χ1n) is 5.75. The fraction of sp³-hybridized carbons (Fsp3) is 0.538. The molecule has 0 radical (unpaired) electrons. The first kappa shape index (κ1) is 15.4. The first-order valence-corrected chi connectivity index (χ1v) is 5.75. The van der Waals surface area contributed by atoms with Crippen molar-refractivity contribution in [1.82, 2.24) is 10.3 Å². The van der Waals surface area contributed by atoms with Crippen molar-refractivity contribution in [1.29, 1.82) is 0 Å². The minimum Gasteiger partial charge on any atom is -0.326 e. The monoisotopic (exact) mass is 236 g/mol. The Hall–Kier alpha value is -1.58. The van der Waals surface area contributed by atoms with E-state index in [-0.39, 0.29) is 5.54 Å². The van der Waals surface area contributed by atoms with Crippen molar-refractivity contribution < 1.29 is 0 Å². The summed E-state index contributed by atoms with van der Waals surface area (Å²) in [7, 11) is 0. The summed E-state index contributed by atoms with van der Waals surface area (Å²) >= 11 is 0. The Morgan fingerprint density at radius 1 is 1.18 bits per heavy atom. The molecule has 0 aliphatic heterocycles. The van der Waals surface area contributed by atoms with Crippen molar-refractivity contribution in [3.8, 4) is 0 Å². The molecule has 0 aromatic carbocycles. The van der Waals surface area contributed by atoms with Gasteiger partial charge in [0.1, 0.15) is 11.6 Å². The molecule has 0 fully saturated rings. The average Bonchev–Trinajstić information content (AvgIpc) is 2.25. The molecule has 0 spiro atoms. The van der Waals surface area contributed by atoms with E-state index in [2.05, 4.69) is 42.9 Å². The van der Waals surface area contributed by atoms with Crippen molar-refractivity contribution >= 4 is 12.9 Å². The fourth-order valence-corrected chi connectivity index (χ4v) is 1.35. The molecule has 0 aromatic heterocycles. The molecule has 0 unspecified atom stereocenters. The Morgan fingerprint density at radius 2 is 1.76 bits per heavy atom. The number of allylic oxidation sites excluding steroid dienone is 2. The van der Waals surface area contributed by atoms with Gasteiger partial charge in [0.05, 0.1) is 5.54 Å². The van der Waals surface area contributed by atoms with Crippen molar-refractivity contribution in [2.75, 3.05) is 0 Å². The Labute approximate surface area is 105 Å². The van der Waals surface area contributed by atoms with E-state index in [0.717, 1.165) is 11.6 Å². The number of hydrogen-bond acceptors (Lipinski definition) is 4. The van der Waals surface area contributed by atoms with Gasteiger partial charge in [0, 0.05) is 12.9 Å². The zero-order chi connectivity index (χ0) is 13.5. The van der Waals surface area contributed by atoms with E-state index >= 15 is 0 Å². The van der Waals surface area contributed by atoms with Gasteiger partial charge in [-0.25, -0.2) is 10.0 Å². The van der Waals surface area contributed by atoms with Crippen LogP contribution in [0.2, 0.25) is 0 Å². The smallest absolute Gasteiger partial charge is 0.126 e. The van der Waals surface area contributed by atoms with Crippen molar-refractivity contribution in [2.45, 2.75) is 47.1 Å². The maximum Gasteiger partial charge on any atom is 0.126 e. The summed E-state index contributed by atoms with van der Waals surface area (Å²) < 4.78 is 0. The summed E-state index contributed by atoms with van der Waals surface area (Å²) in [5.41, 5.74) is -0.134. The van der Waals surface area contributed by atoms with Crippen LogP contribution in [-0.2, 0) is 0 Å². The highest BCUT2D eigenvalue weighted by molar-refractivity contribution is 5.55. The van der Waals surface area contributed by atoms with E-state index in [9.17, 15) is 0 Å². The molecule has 4 heteroatoms. The molecule has 96 valence electrons. The number of nitrogens with zero attached hydrogens (tertiary/aromatic N) is 3. The van der Waals surface area contributed by atoms with Gasteiger partial charge < -0.3 is 5.32 Å². The lowest BCUT2D eigenvalue weighted by atomic mass is 10.1. The van der Waals surface area contributed by atoms with Crippen LogP contribution in [0.4, 0.5) is 0 Å². The van der Waals surface area contributed by atoms with E-state index in [1.54, 1.807) is 6.21 Å². The molecule has 0 aliphatic carbocycles. The molecular weight excluding hydrogens is 212 g/mol. The number of nitrogens with one attached hydrogen (secondary N) is 1. The Balaban J connectivity index is 5.04. The molecule has 0 aliphatic rings. The van der Waals surface area contributed by atoms with Crippen LogP contribution >= 0.6 is 0 Å². The van der Waals surface area contributed by atoms with Gasteiger partial charge in [-0.1, -0.05) is 0 Å². The summed E-state index contributed by atoms with van der Waals surface area (Å²) in [6.07, 6.45) is 5.61. The Bertz CT molecular complexity index is 332. The molecular formula is C13H24N4. The second-order valence-corrected chi connectivity index (χ2v) is 4.48. The SMILES string of the molecule is C=NN(/C(=C\C)NC(=C/C)/N=C\C)C(C)(C)C. The quantitative estimate of drug-likeness (QED) is 0.588. The maximum atomic E-state index is 4.22. The predicted molar refractivity (Wildman–Crippen MR) is 76.0 cm³/mol. The van der Waals surface area contributed by atoms with Gasteiger partial charge in [-0.05, 0) is 53.7 Å². The van der Waals surface area contributed by atoms with Gasteiger partial charge in [0.25, 0.3) is 0 Å². The maximum absolute atomic E-state index is 4.22. The van der Waals surface area contributed by atoms with E-state index in [1.165, 1.54) is 0 Å². The van der Waals surface area contributed by atoms with Crippen LogP contribution in [0.1, 0.15) is 41.5 Å². The Kier molecular flexibility index (Phi) is 6.25. The third-order valence-electron chi connectivity index (χ3n) is 2.08. The fourth-order valence-electron chi connectivity index (χ4n) is 1.35. The summed E-state index contributed by atoms with van der Waals surface area (Å²) in [5, 5.41) is 9.11. The molecule has 0 heterocycles. The molecule has 0 bridgehead atoms. The first-order chi connectivity index (χ1) is 7.90. The lowest BCUT2D eigenvalue weighted by Gasteiger charge is -2.34. The molecule has 0 rings (SSSR count). The van der Waals surface area contributed by atoms with Gasteiger partial charge in [-0.15, -0.1) is 0 Å². The zero-order valence-electron chi connectivity index (χ0n) is 11.8. The molecule has 1 N–H and O–H groups in total. The number of hydrazone groups is 1. The molecule has 0 saturated carbocycles. The normalized spacial score (nSPS) is 14.0. The molecule has 0 atom stereocenters. The second kappa shape index (κ2) is 6.89. The van der Waals surface area contributed by atoms with Crippen molar-refractivity contribution in [3.05, 3.63) is 23.8 Å². The van der Waals surface area contributed by atoms with E-state index in [1.807, 2.05) is 37.9 Å². The van der Waals surface area contributed by atoms with E-state index < -0.39 is 0 Å². The van der Waals surface area contributed by atoms with Crippen LogP contribution in [0.3, 0.4) is 0 Å². The van der Waals surface area contributed by atoms with E-state index in [0.29, 0.717) is 0 Å². The highest BCUT2D eigenvalue weighted by Crippen LogP contribution is 2.19. The lowest BCUT2D eigenvalue weighted by molar-refractivity contribution is 0.184. The Morgan fingerprint density at radius 3 is 2.06 bits per heavy atom. The summed E-state index contributed by atoms with van der Waals surface area (Å²) in [6.45, 7) is 15.6. The molecule has 0 amide bonds. The third kappa shape index (κ3) is 4.85. The molecule has 0 saturated heterocycles. The lowest BCUT2D eigenvalue weighted by Crippen LogP contribution is -2.40. The highest BCUT2D eigenvalue weighted by atomic mass is 15.5. The average molecular weight is 236 g/mol.